The van der Waals surface area contributed by atoms with Gasteiger partial charge in [0.05, 0.1) is 23.1 Å². The van der Waals surface area contributed by atoms with Crippen molar-refractivity contribution in [3.8, 4) is 0 Å². The topological polar surface area (TPSA) is 117 Å². The zero-order chi connectivity index (χ0) is 48.1. The lowest BCUT2D eigenvalue weighted by Crippen LogP contribution is -2.15. The number of para-hydroxylation sites is 2. The van der Waals surface area contributed by atoms with Gasteiger partial charge in [-0.1, -0.05) is 140 Å². The maximum Gasteiger partial charge on any atom is 0.135 e. The summed E-state index contributed by atoms with van der Waals surface area (Å²) in [7, 11) is 0. The predicted octanol–water partition coefficient (Wildman–Crippen LogP) is 15.3. The van der Waals surface area contributed by atoms with Crippen molar-refractivity contribution in [3.05, 3.63) is 149 Å². The monoisotopic (exact) mass is 902 g/mol. The highest BCUT2D eigenvalue weighted by Crippen LogP contribution is 2.34. The summed E-state index contributed by atoms with van der Waals surface area (Å²) in [5.41, 5.74) is 13.0. The fraction of sp³-hybridized carbons (Fsp3) is 0.411. The maximum absolute atomic E-state index is 4.51. The molecule has 9 nitrogen and oxygen atoms in total. The van der Waals surface area contributed by atoms with Crippen LogP contribution in [0, 0.1) is 0 Å². The number of thiophene rings is 1. The largest absolute Gasteiger partial charge is 0.383 e. The third kappa shape index (κ3) is 12.7. The van der Waals surface area contributed by atoms with Crippen LogP contribution in [-0.2, 0) is 40.0 Å². The highest BCUT2D eigenvalue weighted by molar-refractivity contribution is 7.16. The number of pyridine rings is 3. The minimum Gasteiger partial charge on any atom is -0.383 e. The molecule has 8 aromatic rings. The van der Waals surface area contributed by atoms with Gasteiger partial charge in [0.2, 0.25) is 0 Å². The number of aromatic amines is 1. The summed E-state index contributed by atoms with van der Waals surface area (Å²) in [6, 6.07) is 23.0. The van der Waals surface area contributed by atoms with Gasteiger partial charge >= 0.3 is 0 Å². The first-order chi connectivity index (χ1) is 30.9. The Bertz CT molecular complexity index is 2910. The predicted molar refractivity (Wildman–Crippen MR) is 280 cm³/mol. The number of nitrogens with one attached hydrogen (secondary N) is 2. The van der Waals surface area contributed by atoms with Gasteiger partial charge in [-0.25, -0.2) is 9.97 Å². The molecule has 0 spiro atoms. The first-order valence-corrected chi connectivity index (χ1v) is 24.0. The molecule has 2 N–H and O–H groups in total. The third-order valence-electron chi connectivity index (χ3n) is 11.5. The second-order valence-corrected chi connectivity index (χ2v) is 23.2. The SMILES string of the molecule is CC(C)(C)c1c[nH]c2ccccc12.CC(C)(C)c1cnc2c(c1)N=NC2.CC(C)(C)c1cnc2ccccc2c1.CC(C)(C)c1cncc2c1CCN2.CC(C)(C)c1ncc2ccsc2n1. The van der Waals surface area contributed by atoms with E-state index in [0.717, 1.165) is 45.9 Å². The number of hydrogen-bond acceptors (Lipinski definition) is 9. The zero-order valence-corrected chi connectivity index (χ0v) is 42.9. The molecule has 10 rings (SSSR count). The van der Waals surface area contributed by atoms with Crippen molar-refractivity contribution in [3.63, 3.8) is 0 Å². The van der Waals surface area contributed by atoms with Crippen molar-refractivity contribution in [2.45, 2.75) is 144 Å². The van der Waals surface area contributed by atoms with Crippen LogP contribution in [0.2, 0.25) is 0 Å². The molecule has 0 saturated heterocycles. The quantitative estimate of drug-likeness (QED) is 0.157. The second-order valence-electron chi connectivity index (χ2n) is 22.3. The van der Waals surface area contributed by atoms with E-state index in [4.69, 9.17) is 0 Å². The van der Waals surface area contributed by atoms with E-state index in [-0.39, 0.29) is 27.1 Å². The number of nitrogens with zero attached hydrogens (tertiary/aromatic N) is 7. The molecule has 8 heterocycles. The van der Waals surface area contributed by atoms with E-state index in [9.17, 15) is 0 Å². The normalized spacial score (nSPS) is 13.3. The smallest absolute Gasteiger partial charge is 0.135 e. The van der Waals surface area contributed by atoms with Crippen LogP contribution in [0.1, 0.15) is 143 Å². The van der Waals surface area contributed by atoms with Crippen LogP contribution < -0.4 is 5.32 Å². The molecule has 0 aliphatic carbocycles. The van der Waals surface area contributed by atoms with Gasteiger partial charge in [0, 0.05) is 64.6 Å². The minimum absolute atomic E-state index is 0.0399. The molecule has 2 aliphatic rings. The van der Waals surface area contributed by atoms with Crippen LogP contribution in [0.4, 0.5) is 11.4 Å². The third-order valence-corrected chi connectivity index (χ3v) is 12.3. The lowest BCUT2D eigenvalue weighted by molar-refractivity contribution is 0.549. The lowest BCUT2D eigenvalue weighted by atomic mass is 9.84. The van der Waals surface area contributed by atoms with Crippen molar-refractivity contribution >= 4 is 54.7 Å². The molecule has 0 atom stereocenters. The van der Waals surface area contributed by atoms with Gasteiger partial charge in [0.25, 0.3) is 0 Å². The van der Waals surface area contributed by atoms with E-state index in [2.05, 4.69) is 204 Å². The number of hydrogen-bond donors (Lipinski definition) is 2. The van der Waals surface area contributed by atoms with Gasteiger partial charge < -0.3 is 10.3 Å². The van der Waals surface area contributed by atoms with Gasteiger partial charge in [-0.2, -0.15) is 10.2 Å². The number of anilines is 1. The number of azo groups is 1. The number of aromatic nitrogens is 6. The fourth-order valence-corrected chi connectivity index (χ4v) is 8.19. The molecule has 2 aliphatic heterocycles. The Morgan fingerprint density at radius 2 is 1.26 bits per heavy atom. The average molecular weight is 902 g/mol. The van der Waals surface area contributed by atoms with E-state index in [0.29, 0.717) is 6.54 Å². The Balaban J connectivity index is 0.000000136. The summed E-state index contributed by atoms with van der Waals surface area (Å²) in [6.45, 7) is 34.6. The summed E-state index contributed by atoms with van der Waals surface area (Å²) in [5.74, 6) is 0.919. The lowest BCUT2D eigenvalue weighted by Gasteiger charge is -2.21. The molecule has 6 aromatic heterocycles. The van der Waals surface area contributed by atoms with Gasteiger partial charge in [-0.3, -0.25) is 15.0 Å². The highest BCUT2D eigenvalue weighted by atomic mass is 32.1. The van der Waals surface area contributed by atoms with Crippen molar-refractivity contribution in [2.24, 2.45) is 10.2 Å². The Morgan fingerprint density at radius 1 is 0.591 bits per heavy atom. The van der Waals surface area contributed by atoms with E-state index in [1.54, 1.807) is 11.3 Å². The number of fused-ring (bicyclic) bond motifs is 5. The molecular weight excluding hydrogens is 831 g/mol. The van der Waals surface area contributed by atoms with Crippen molar-refractivity contribution in [1.29, 1.82) is 0 Å². The van der Waals surface area contributed by atoms with Crippen LogP contribution in [0.5, 0.6) is 0 Å². The zero-order valence-electron chi connectivity index (χ0n) is 42.1. The summed E-state index contributed by atoms with van der Waals surface area (Å²) in [6.07, 6.45) is 13.0. The molecule has 0 amide bonds. The summed E-state index contributed by atoms with van der Waals surface area (Å²) in [5, 5.41) is 17.1. The standard InChI is InChI=1S/C13H15N.C12H15N.C11H16N2.C10H13N3.C10H12N2S/c1-13(2,3)11-8-10-6-4-5-7-12(10)14-9-11;1-12(2,3)10-8-13-11-7-5-4-6-9(10)11;1-11(2,3)9-6-12-7-10-8(9)4-5-13-10;1-10(2,3)7-4-8-9(11-5-7)6-12-13-8;1-10(2,3)9-11-6-7-4-5-13-8(7)12-9/h4-9H,1-3H3;4-8,13H,1-3H3;6-7,13H,4-5H2,1-3H3;4-5H,6H2,1-3H3;4-6H,1-3H3. The van der Waals surface area contributed by atoms with Gasteiger partial charge in [0.15, 0.2) is 0 Å². The van der Waals surface area contributed by atoms with Gasteiger partial charge in [0.1, 0.15) is 22.9 Å². The van der Waals surface area contributed by atoms with E-state index < -0.39 is 0 Å². The molecule has 0 unspecified atom stereocenters. The number of benzene rings is 2. The molecule has 0 fully saturated rings. The van der Waals surface area contributed by atoms with E-state index in [1.165, 1.54) is 49.8 Å². The van der Waals surface area contributed by atoms with Gasteiger partial charge in [-0.05, 0) is 91.6 Å². The van der Waals surface area contributed by atoms with Crippen LogP contribution in [0.25, 0.3) is 32.0 Å². The van der Waals surface area contributed by atoms with Crippen LogP contribution in [0.3, 0.4) is 0 Å². The van der Waals surface area contributed by atoms with Crippen LogP contribution in [-0.4, -0.2) is 36.4 Å². The molecule has 66 heavy (non-hydrogen) atoms. The molecule has 2 aromatic carbocycles. The summed E-state index contributed by atoms with van der Waals surface area (Å²) < 4.78 is 0. The summed E-state index contributed by atoms with van der Waals surface area (Å²) in [4.78, 5) is 26.3. The Morgan fingerprint density at radius 3 is 1.95 bits per heavy atom. The molecular formula is C56H71N9S. The van der Waals surface area contributed by atoms with Gasteiger partial charge in [-0.15, -0.1) is 11.3 Å². The average Bonchev–Trinajstić information content (AvgIpc) is 4.09. The first kappa shape index (κ1) is 49.6. The first-order valence-electron chi connectivity index (χ1n) is 23.1. The van der Waals surface area contributed by atoms with Crippen LogP contribution in [0.15, 0.2) is 120 Å². The Hall–Kier alpha value is -5.87. The minimum atomic E-state index is 0.0399. The second kappa shape index (κ2) is 19.9. The molecule has 10 heteroatoms. The van der Waals surface area contributed by atoms with Crippen molar-refractivity contribution < 1.29 is 0 Å². The molecule has 0 saturated carbocycles. The van der Waals surface area contributed by atoms with Crippen molar-refractivity contribution in [2.75, 3.05) is 11.9 Å². The van der Waals surface area contributed by atoms with E-state index >= 15 is 0 Å². The summed E-state index contributed by atoms with van der Waals surface area (Å²) >= 11 is 1.67. The number of rotatable bonds is 0. The molecule has 346 valence electrons. The Labute approximate surface area is 397 Å². The van der Waals surface area contributed by atoms with Crippen molar-refractivity contribution in [1.82, 2.24) is 29.9 Å². The molecule has 0 radical (unpaired) electrons. The molecule has 0 bridgehead atoms. The fourth-order valence-electron chi connectivity index (χ4n) is 7.45. The Kier molecular flexibility index (Phi) is 15.0. The maximum atomic E-state index is 4.51. The highest BCUT2D eigenvalue weighted by Gasteiger charge is 2.23. The number of H-pyrrole nitrogens is 1. The van der Waals surface area contributed by atoms with Crippen LogP contribution >= 0.6 is 11.3 Å². The van der Waals surface area contributed by atoms with E-state index in [1.807, 2.05) is 54.6 Å².